The highest BCUT2D eigenvalue weighted by Gasteiger charge is 2.15. The zero-order valence-corrected chi connectivity index (χ0v) is 22.2. The van der Waals surface area contributed by atoms with E-state index in [1.807, 2.05) is 12.1 Å². The summed E-state index contributed by atoms with van der Waals surface area (Å²) >= 11 is 12.8. The van der Waals surface area contributed by atoms with Gasteiger partial charge in [-0.25, -0.2) is 4.79 Å². The number of hydrogen-bond donors (Lipinski definition) is 1. The number of aliphatic carboxylic acids is 1. The molecule has 0 amide bonds. The normalized spacial score (nSPS) is 11.4. The molecule has 0 unspecified atom stereocenters. The van der Waals surface area contributed by atoms with Crippen LogP contribution in [0.1, 0.15) is 69.4 Å². The molecular formula is C28H36Cl2O5. The van der Waals surface area contributed by atoms with Crippen molar-refractivity contribution >= 4 is 34.7 Å². The predicted octanol–water partition coefficient (Wildman–Crippen LogP) is 8.21. The molecule has 0 spiro atoms. The zero-order chi connectivity index (χ0) is 25.5. The summed E-state index contributed by atoms with van der Waals surface area (Å²) < 4.78 is 16.6. The molecule has 2 aromatic rings. The van der Waals surface area contributed by atoms with Crippen molar-refractivity contribution in [1.82, 2.24) is 0 Å². The van der Waals surface area contributed by atoms with Crippen LogP contribution in [-0.4, -0.2) is 31.4 Å². The van der Waals surface area contributed by atoms with Crippen molar-refractivity contribution in [2.45, 2.75) is 64.7 Å². The number of methoxy groups -OCH3 is 1. The molecule has 1 N–H and O–H groups in total. The average Bonchev–Trinajstić information content (AvgIpc) is 2.83. The van der Waals surface area contributed by atoms with E-state index in [1.54, 1.807) is 24.3 Å². The Labute approximate surface area is 219 Å². The second kappa shape index (κ2) is 16.3. The molecule has 0 aliphatic heterocycles. The number of ether oxygens (including phenoxy) is 3. The molecule has 35 heavy (non-hydrogen) atoms. The SMILES string of the molecule is CCCCCCCCCCOc1c(Cl)cc(OCCc2ccccc2C(=COC)C(=O)O)cc1Cl. The summed E-state index contributed by atoms with van der Waals surface area (Å²) in [7, 11) is 1.42. The number of rotatable bonds is 17. The minimum atomic E-state index is -1.05. The second-order valence-corrected chi connectivity index (χ2v) is 9.18. The van der Waals surface area contributed by atoms with E-state index >= 15 is 0 Å². The molecule has 0 bridgehead atoms. The Morgan fingerprint density at radius 1 is 0.914 bits per heavy atom. The van der Waals surface area contributed by atoms with E-state index < -0.39 is 5.97 Å². The molecule has 0 fully saturated rings. The zero-order valence-electron chi connectivity index (χ0n) is 20.7. The van der Waals surface area contributed by atoms with Crippen LogP contribution in [0.25, 0.3) is 5.57 Å². The van der Waals surface area contributed by atoms with Gasteiger partial charge in [0.25, 0.3) is 0 Å². The van der Waals surface area contributed by atoms with Crippen molar-refractivity contribution < 1.29 is 24.1 Å². The topological polar surface area (TPSA) is 65.0 Å². The summed E-state index contributed by atoms with van der Waals surface area (Å²) in [5.74, 6) is -0.0473. The number of carboxylic acids is 1. The molecule has 0 aliphatic carbocycles. The quantitative estimate of drug-likeness (QED) is 0.129. The Bertz CT molecular complexity index is 935. The molecule has 0 aromatic heterocycles. The first-order valence-electron chi connectivity index (χ1n) is 12.3. The van der Waals surface area contributed by atoms with Crippen LogP contribution in [0.15, 0.2) is 42.7 Å². The summed E-state index contributed by atoms with van der Waals surface area (Å²) in [4.78, 5) is 11.6. The van der Waals surface area contributed by atoms with E-state index in [0.29, 0.717) is 46.7 Å². The Morgan fingerprint density at radius 3 is 2.17 bits per heavy atom. The smallest absolute Gasteiger partial charge is 0.339 e. The summed E-state index contributed by atoms with van der Waals surface area (Å²) in [6.45, 7) is 3.13. The van der Waals surface area contributed by atoms with E-state index in [1.165, 1.54) is 51.9 Å². The summed E-state index contributed by atoms with van der Waals surface area (Å²) in [6, 6.07) is 10.6. The maximum absolute atomic E-state index is 11.6. The fourth-order valence-electron chi connectivity index (χ4n) is 3.79. The lowest BCUT2D eigenvalue weighted by molar-refractivity contribution is -0.130. The highest BCUT2D eigenvalue weighted by Crippen LogP contribution is 2.37. The molecule has 192 valence electrons. The first kappa shape index (κ1) is 28.9. The predicted molar refractivity (Wildman–Crippen MR) is 143 cm³/mol. The number of carbonyl (C=O) groups is 1. The summed E-state index contributed by atoms with van der Waals surface area (Å²) in [6.07, 6.45) is 11.6. The highest BCUT2D eigenvalue weighted by atomic mass is 35.5. The van der Waals surface area contributed by atoms with Gasteiger partial charge in [-0.1, -0.05) is 99.3 Å². The Kier molecular flexibility index (Phi) is 13.5. The van der Waals surface area contributed by atoms with Crippen LogP contribution in [0.4, 0.5) is 0 Å². The van der Waals surface area contributed by atoms with E-state index in [-0.39, 0.29) is 5.57 Å². The van der Waals surface area contributed by atoms with Crippen LogP contribution in [0.2, 0.25) is 10.0 Å². The van der Waals surface area contributed by atoms with E-state index in [0.717, 1.165) is 18.4 Å². The monoisotopic (exact) mass is 522 g/mol. The van der Waals surface area contributed by atoms with E-state index in [2.05, 4.69) is 6.92 Å². The number of carboxylic acid groups (broad SMARTS) is 1. The van der Waals surface area contributed by atoms with Crippen molar-refractivity contribution in [2.75, 3.05) is 20.3 Å². The molecule has 0 aliphatic rings. The number of unbranched alkanes of at least 4 members (excludes halogenated alkanes) is 7. The third-order valence-electron chi connectivity index (χ3n) is 5.63. The minimum absolute atomic E-state index is 0.0900. The summed E-state index contributed by atoms with van der Waals surface area (Å²) in [5, 5.41) is 10.3. The maximum atomic E-state index is 11.6. The van der Waals surface area contributed by atoms with Crippen molar-refractivity contribution in [3.05, 3.63) is 63.8 Å². The average molecular weight is 523 g/mol. The lowest BCUT2D eigenvalue weighted by Gasteiger charge is -2.14. The molecule has 7 heteroatoms. The lowest BCUT2D eigenvalue weighted by atomic mass is 9.98. The highest BCUT2D eigenvalue weighted by molar-refractivity contribution is 6.37. The molecule has 5 nitrogen and oxygen atoms in total. The first-order chi connectivity index (χ1) is 17.0. The van der Waals surface area contributed by atoms with Gasteiger partial charge >= 0.3 is 5.97 Å². The van der Waals surface area contributed by atoms with Gasteiger partial charge in [-0.15, -0.1) is 0 Å². The van der Waals surface area contributed by atoms with Gasteiger partial charge in [-0.3, -0.25) is 0 Å². The van der Waals surface area contributed by atoms with Crippen LogP contribution in [-0.2, 0) is 16.0 Å². The first-order valence-corrected chi connectivity index (χ1v) is 13.0. The van der Waals surface area contributed by atoms with Crippen molar-refractivity contribution in [3.63, 3.8) is 0 Å². The van der Waals surface area contributed by atoms with Crippen LogP contribution >= 0.6 is 23.2 Å². The fraction of sp³-hybridized carbons (Fsp3) is 0.464. The Hall–Kier alpha value is -2.37. The molecule has 2 rings (SSSR count). The Balaban J connectivity index is 1.85. The van der Waals surface area contributed by atoms with Crippen LogP contribution < -0.4 is 9.47 Å². The molecule has 0 saturated carbocycles. The van der Waals surface area contributed by atoms with Gasteiger partial charge in [0.2, 0.25) is 0 Å². The standard InChI is InChI=1S/C28H36Cl2O5/c1-3-4-5-6-7-8-9-12-16-35-27-25(29)18-22(19-26(27)30)34-17-15-21-13-10-11-14-23(21)24(20-33-2)28(31)32/h10-11,13-14,18-20H,3-9,12,15-17H2,1-2H3,(H,31,32). The molecule has 0 atom stereocenters. The van der Waals surface area contributed by atoms with Gasteiger partial charge in [0, 0.05) is 18.6 Å². The van der Waals surface area contributed by atoms with Crippen LogP contribution in [0, 0.1) is 0 Å². The van der Waals surface area contributed by atoms with Gasteiger partial charge < -0.3 is 19.3 Å². The van der Waals surface area contributed by atoms with Gasteiger partial charge in [-0.05, 0) is 17.5 Å². The maximum Gasteiger partial charge on any atom is 0.339 e. The minimum Gasteiger partial charge on any atom is -0.503 e. The third-order valence-corrected chi connectivity index (χ3v) is 6.19. The van der Waals surface area contributed by atoms with Crippen LogP contribution in [0.5, 0.6) is 11.5 Å². The van der Waals surface area contributed by atoms with Crippen molar-refractivity contribution in [2.24, 2.45) is 0 Å². The van der Waals surface area contributed by atoms with Crippen LogP contribution in [0.3, 0.4) is 0 Å². The van der Waals surface area contributed by atoms with Crippen molar-refractivity contribution in [1.29, 1.82) is 0 Å². The Morgan fingerprint density at radius 2 is 1.54 bits per heavy atom. The third kappa shape index (κ3) is 10.0. The van der Waals surface area contributed by atoms with Gasteiger partial charge in [0.15, 0.2) is 5.75 Å². The second-order valence-electron chi connectivity index (χ2n) is 8.37. The van der Waals surface area contributed by atoms with E-state index in [4.69, 9.17) is 37.4 Å². The molecule has 0 saturated heterocycles. The molecule has 0 heterocycles. The lowest BCUT2D eigenvalue weighted by Crippen LogP contribution is -2.07. The largest absolute Gasteiger partial charge is 0.503 e. The van der Waals surface area contributed by atoms with E-state index in [9.17, 15) is 9.90 Å². The molecular weight excluding hydrogens is 487 g/mol. The number of hydrogen-bond acceptors (Lipinski definition) is 4. The molecule has 2 aromatic carbocycles. The number of halogens is 2. The fourth-order valence-corrected chi connectivity index (χ4v) is 4.37. The van der Waals surface area contributed by atoms with Gasteiger partial charge in [-0.2, -0.15) is 0 Å². The molecule has 0 radical (unpaired) electrons. The summed E-state index contributed by atoms with van der Waals surface area (Å²) in [5.41, 5.74) is 1.51. The number of benzene rings is 2. The van der Waals surface area contributed by atoms with Crippen molar-refractivity contribution in [3.8, 4) is 11.5 Å². The van der Waals surface area contributed by atoms with Gasteiger partial charge in [0.1, 0.15) is 11.3 Å². The van der Waals surface area contributed by atoms with Gasteiger partial charge in [0.05, 0.1) is 36.6 Å².